The first-order valence-electron chi connectivity index (χ1n) is 9.98. The first-order chi connectivity index (χ1) is 14.0. The fourth-order valence-corrected chi connectivity index (χ4v) is 4.27. The van der Waals surface area contributed by atoms with E-state index in [4.69, 9.17) is 0 Å². The topological polar surface area (TPSA) is 64.0 Å². The predicted molar refractivity (Wildman–Crippen MR) is 116 cm³/mol. The zero-order chi connectivity index (χ0) is 20.4. The van der Waals surface area contributed by atoms with Gasteiger partial charge in [-0.25, -0.2) is 4.68 Å². The minimum Gasteiger partial charge on any atom is -0.350 e. The number of benzene rings is 1. The molecular formula is C23H25N3O2S. The quantitative estimate of drug-likeness (QED) is 0.647. The second-order valence-corrected chi connectivity index (χ2v) is 8.94. The van der Waals surface area contributed by atoms with E-state index in [1.807, 2.05) is 47.8 Å². The Morgan fingerprint density at radius 2 is 1.90 bits per heavy atom. The number of thiophene rings is 1. The van der Waals surface area contributed by atoms with E-state index in [9.17, 15) is 9.59 Å². The monoisotopic (exact) mass is 407 g/mol. The number of amides is 1. The van der Waals surface area contributed by atoms with Crippen molar-refractivity contribution in [3.05, 3.63) is 75.9 Å². The number of hydrogen-bond acceptors (Lipinski definition) is 4. The number of aromatic nitrogens is 2. The second kappa shape index (κ2) is 7.95. The molecule has 5 nitrogen and oxygen atoms in total. The molecule has 1 fully saturated rings. The maximum Gasteiger partial charge on any atom is 0.266 e. The highest BCUT2D eigenvalue weighted by atomic mass is 32.1. The zero-order valence-corrected chi connectivity index (χ0v) is 17.5. The predicted octanol–water partition coefficient (Wildman–Crippen LogP) is 3.84. The summed E-state index contributed by atoms with van der Waals surface area (Å²) in [6.07, 6.45) is 1.72. The number of carbonyl (C=O) groups is 1. The molecule has 150 valence electrons. The first kappa shape index (κ1) is 19.6. The number of hydrogen-bond donors (Lipinski definition) is 1. The fourth-order valence-electron chi connectivity index (χ4n) is 3.58. The van der Waals surface area contributed by atoms with E-state index in [-0.39, 0.29) is 23.4 Å². The van der Waals surface area contributed by atoms with Crippen molar-refractivity contribution in [2.75, 3.05) is 0 Å². The van der Waals surface area contributed by atoms with E-state index in [2.05, 4.69) is 24.3 Å². The van der Waals surface area contributed by atoms with E-state index < -0.39 is 5.41 Å². The van der Waals surface area contributed by atoms with Crippen molar-refractivity contribution in [3.8, 4) is 10.6 Å². The standard InChI is InChI=1S/C23H25N3O2S/c1-16(2)19(24-22(28)23(12-13-23)17-7-4-3-5-8-17)15-26-21(27)11-10-18(25-26)20-9-6-14-29-20/h3-11,14,16,19H,12-13,15H2,1-2H3,(H,24,28)/t19-/m1/s1. The molecule has 0 saturated heterocycles. The number of rotatable bonds is 7. The summed E-state index contributed by atoms with van der Waals surface area (Å²) in [5, 5.41) is 9.74. The van der Waals surface area contributed by atoms with Crippen molar-refractivity contribution in [1.82, 2.24) is 15.1 Å². The van der Waals surface area contributed by atoms with Crippen LogP contribution in [-0.4, -0.2) is 21.7 Å². The normalized spacial score (nSPS) is 15.8. The van der Waals surface area contributed by atoms with Crippen LogP contribution in [0.2, 0.25) is 0 Å². The molecular weight excluding hydrogens is 382 g/mol. The lowest BCUT2D eigenvalue weighted by Gasteiger charge is -2.26. The van der Waals surface area contributed by atoms with Crippen molar-refractivity contribution < 1.29 is 4.79 Å². The summed E-state index contributed by atoms with van der Waals surface area (Å²) in [6, 6.07) is 17.0. The van der Waals surface area contributed by atoms with Gasteiger partial charge in [-0.15, -0.1) is 11.3 Å². The largest absolute Gasteiger partial charge is 0.350 e. The number of nitrogens with one attached hydrogen (secondary N) is 1. The summed E-state index contributed by atoms with van der Waals surface area (Å²) in [4.78, 5) is 26.6. The third-order valence-electron chi connectivity index (χ3n) is 5.64. The molecule has 0 radical (unpaired) electrons. The van der Waals surface area contributed by atoms with Crippen LogP contribution in [0.4, 0.5) is 0 Å². The maximum atomic E-state index is 13.2. The molecule has 1 atom stereocenters. The van der Waals surface area contributed by atoms with Gasteiger partial charge in [0, 0.05) is 6.07 Å². The van der Waals surface area contributed by atoms with Crippen LogP contribution >= 0.6 is 11.3 Å². The first-order valence-corrected chi connectivity index (χ1v) is 10.9. The fraction of sp³-hybridized carbons (Fsp3) is 0.348. The molecule has 1 aliphatic rings. The Morgan fingerprint density at radius 3 is 2.52 bits per heavy atom. The Labute approximate surface area is 174 Å². The molecule has 29 heavy (non-hydrogen) atoms. The summed E-state index contributed by atoms with van der Waals surface area (Å²) < 4.78 is 1.47. The minimum absolute atomic E-state index is 0.0462. The molecule has 1 saturated carbocycles. The van der Waals surface area contributed by atoms with Gasteiger partial charge in [0.25, 0.3) is 5.56 Å². The Kier molecular flexibility index (Phi) is 5.37. The smallest absolute Gasteiger partial charge is 0.266 e. The molecule has 1 aliphatic carbocycles. The number of carbonyl (C=O) groups excluding carboxylic acids is 1. The Bertz CT molecular complexity index is 1040. The average Bonchev–Trinajstić information content (AvgIpc) is 3.36. The van der Waals surface area contributed by atoms with Gasteiger partial charge in [-0.2, -0.15) is 5.10 Å². The highest BCUT2D eigenvalue weighted by Gasteiger charge is 2.51. The molecule has 0 bridgehead atoms. The molecule has 1 amide bonds. The van der Waals surface area contributed by atoms with E-state index in [1.165, 1.54) is 4.68 Å². The van der Waals surface area contributed by atoms with Crippen molar-refractivity contribution in [2.45, 2.75) is 44.7 Å². The van der Waals surface area contributed by atoms with Crippen LogP contribution < -0.4 is 10.9 Å². The van der Waals surface area contributed by atoms with E-state index in [0.29, 0.717) is 6.54 Å². The summed E-state index contributed by atoms with van der Waals surface area (Å²) in [5.74, 6) is 0.217. The van der Waals surface area contributed by atoms with Gasteiger partial charge in [0.1, 0.15) is 5.69 Å². The number of nitrogens with zero attached hydrogens (tertiary/aromatic N) is 2. The van der Waals surface area contributed by atoms with Crippen LogP contribution in [0.5, 0.6) is 0 Å². The zero-order valence-electron chi connectivity index (χ0n) is 16.7. The molecule has 4 rings (SSSR count). The highest BCUT2D eigenvalue weighted by molar-refractivity contribution is 7.13. The van der Waals surface area contributed by atoms with Gasteiger partial charge in [0.05, 0.1) is 22.9 Å². The van der Waals surface area contributed by atoms with Crippen LogP contribution in [0.25, 0.3) is 10.6 Å². The van der Waals surface area contributed by atoms with Gasteiger partial charge in [-0.1, -0.05) is 50.2 Å². The van der Waals surface area contributed by atoms with Crippen molar-refractivity contribution >= 4 is 17.2 Å². The summed E-state index contributed by atoms with van der Waals surface area (Å²) in [5.41, 5.74) is 1.26. The average molecular weight is 408 g/mol. The third kappa shape index (κ3) is 4.03. The van der Waals surface area contributed by atoms with E-state index >= 15 is 0 Å². The van der Waals surface area contributed by atoms with Crippen LogP contribution in [0, 0.1) is 5.92 Å². The van der Waals surface area contributed by atoms with Gasteiger partial charge in [-0.3, -0.25) is 9.59 Å². The Morgan fingerprint density at radius 1 is 1.14 bits per heavy atom. The molecule has 0 unspecified atom stereocenters. The van der Waals surface area contributed by atoms with E-state index in [0.717, 1.165) is 29.0 Å². The summed E-state index contributed by atoms with van der Waals surface area (Å²) in [7, 11) is 0. The van der Waals surface area contributed by atoms with Gasteiger partial charge < -0.3 is 5.32 Å². The lowest BCUT2D eigenvalue weighted by molar-refractivity contribution is -0.124. The minimum atomic E-state index is -0.425. The second-order valence-electron chi connectivity index (χ2n) is 7.99. The summed E-state index contributed by atoms with van der Waals surface area (Å²) in [6.45, 7) is 4.47. The third-order valence-corrected chi connectivity index (χ3v) is 6.53. The van der Waals surface area contributed by atoms with Crippen LogP contribution in [0.1, 0.15) is 32.3 Å². The van der Waals surface area contributed by atoms with Crippen LogP contribution in [0.15, 0.2) is 64.8 Å². The molecule has 2 aromatic heterocycles. The van der Waals surface area contributed by atoms with Gasteiger partial charge >= 0.3 is 0 Å². The Balaban J connectivity index is 1.54. The molecule has 1 N–H and O–H groups in total. The van der Waals surface area contributed by atoms with E-state index in [1.54, 1.807) is 23.5 Å². The molecule has 6 heteroatoms. The van der Waals surface area contributed by atoms with Gasteiger partial charge in [0.15, 0.2) is 0 Å². The van der Waals surface area contributed by atoms with Crippen molar-refractivity contribution in [2.24, 2.45) is 5.92 Å². The highest BCUT2D eigenvalue weighted by Crippen LogP contribution is 2.48. The SMILES string of the molecule is CC(C)[C@@H](Cn1nc(-c2cccs2)ccc1=O)NC(=O)C1(c2ccccc2)CC1. The molecule has 1 aromatic carbocycles. The molecule has 2 heterocycles. The van der Waals surface area contributed by atoms with Gasteiger partial charge in [0.2, 0.25) is 5.91 Å². The summed E-state index contributed by atoms with van der Waals surface area (Å²) >= 11 is 1.59. The lowest BCUT2D eigenvalue weighted by Crippen LogP contribution is -2.47. The molecule has 0 aliphatic heterocycles. The van der Waals surface area contributed by atoms with Crippen LogP contribution in [0.3, 0.4) is 0 Å². The van der Waals surface area contributed by atoms with Crippen molar-refractivity contribution in [1.29, 1.82) is 0 Å². The molecule has 3 aromatic rings. The maximum absolute atomic E-state index is 13.2. The van der Waals surface area contributed by atoms with Crippen LogP contribution in [-0.2, 0) is 16.8 Å². The lowest BCUT2D eigenvalue weighted by atomic mass is 9.93. The van der Waals surface area contributed by atoms with Gasteiger partial charge in [-0.05, 0) is 41.8 Å². The Hall–Kier alpha value is -2.73. The molecule has 0 spiro atoms. The van der Waals surface area contributed by atoms with Crippen molar-refractivity contribution in [3.63, 3.8) is 0 Å².